The minimum absolute atomic E-state index is 0.0176. The highest BCUT2D eigenvalue weighted by atomic mass is 35.5. The number of cyclic esters (lactones) is 1. The summed E-state index contributed by atoms with van der Waals surface area (Å²) in [6, 6.07) is 3.92. The Labute approximate surface area is 257 Å². The monoisotopic (exact) mass is 615 g/mol. The van der Waals surface area contributed by atoms with Crippen molar-refractivity contribution in [2.24, 2.45) is 7.05 Å². The predicted octanol–water partition coefficient (Wildman–Crippen LogP) is 5.59. The third-order valence-electron chi connectivity index (χ3n) is 7.37. The molecule has 2 aromatic rings. The van der Waals surface area contributed by atoms with Crippen molar-refractivity contribution in [1.82, 2.24) is 20.0 Å². The Morgan fingerprint density at radius 1 is 1.00 bits per heavy atom. The van der Waals surface area contributed by atoms with Gasteiger partial charge in [-0.05, 0) is 44.5 Å². The molecule has 2 atom stereocenters. The molecule has 234 valence electrons. The number of unbranched alkanes of at least 4 members (excludes halogenated alkanes) is 9. The molecule has 1 fully saturated rings. The van der Waals surface area contributed by atoms with Crippen LogP contribution in [0.15, 0.2) is 24.3 Å². The van der Waals surface area contributed by atoms with Crippen LogP contribution in [0, 0.1) is 6.92 Å². The van der Waals surface area contributed by atoms with E-state index in [9.17, 15) is 24.0 Å². The third kappa shape index (κ3) is 9.13. The number of benzene rings is 1. The Balaban J connectivity index is 1.62. The fourth-order valence-electron chi connectivity index (χ4n) is 4.99. The number of carbonyl (C=O) groups excluding carboxylic acids is 5. The first-order valence-corrected chi connectivity index (χ1v) is 15.4. The molecule has 2 N–H and O–H groups in total. The lowest BCUT2D eigenvalue weighted by molar-refractivity contribution is -0.133. The molecule has 1 aliphatic rings. The van der Waals surface area contributed by atoms with Gasteiger partial charge in [0.25, 0.3) is 17.7 Å². The molecule has 1 aromatic heterocycles. The van der Waals surface area contributed by atoms with Crippen LogP contribution in [0.25, 0.3) is 0 Å². The van der Waals surface area contributed by atoms with Crippen molar-refractivity contribution < 1.29 is 28.7 Å². The summed E-state index contributed by atoms with van der Waals surface area (Å²) in [6.07, 6.45) is 9.64. The van der Waals surface area contributed by atoms with Gasteiger partial charge in [0.05, 0.1) is 16.4 Å². The second kappa shape index (κ2) is 16.2. The van der Waals surface area contributed by atoms with Crippen LogP contribution in [0.2, 0.25) is 5.02 Å². The first-order chi connectivity index (χ1) is 20.5. The Morgan fingerprint density at radius 2 is 1.63 bits per heavy atom. The summed E-state index contributed by atoms with van der Waals surface area (Å²) in [6.45, 7) is 5.74. The van der Waals surface area contributed by atoms with Crippen molar-refractivity contribution in [2.75, 3.05) is 11.9 Å². The van der Waals surface area contributed by atoms with Crippen molar-refractivity contribution in [2.45, 2.75) is 97.1 Å². The number of hydrogen-bond acceptors (Lipinski definition) is 7. The molecule has 0 saturated carbocycles. The average Bonchev–Trinajstić information content (AvgIpc) is 3.43. The largest absolute Gasteiger partial charge is 0.436 e. The minimum atomic E-state index is -1.88. The van der Waals surface area contributed by atoms with Gasteiger partial charge >= 0.3 is 6.09 Å². The van der Waals surface area contributed by atoms with E-state index in [4.69, 9.17) is 16.3 Å². The van der Waals surface area contributed by atoms with Gasteiger partial charge in [-0.3, -0.25) is 23.9 Å². The third-order valence-corrected chi connectivity index (χ3v) is 7.70. The fourth-order valence-corrected chi connectivity index (χ4v) is 5.16. The zero-order valence-corrected chi connectivity index (χ0v) is 26.2. The Hall–Kier alpha value is -3.73. The number of Topliss-reactive ketones (excluding diaryl/α,β-unsaturated/α-hetero) is 1. The number of nitrogens with one attached hydrogen (secondary N) is 2. The fraction of sp³-hybridized carbons (Fsp3) is 0.548. The van der Waals surface area contributed by atoms with Crippen molar-refractivity contribution >= 4 is 46.9 Å². The number of amides is 4. The molecule has 0 bridgehead atoms. The number of anilines is 1. The smallest absolute Gasteiger partial charge is 0.418 e. The lowest BCUT2D eigenvalue weighted by Gasteiger charge is -2.22. The molecule has 1 aliphatic heterocycles. The molecule has 0 radical (unpaired) electrons. The van der Waals surface area contributed by atoms with Gasteiger partial charge in [-0.15, -0.1) is 0 Å². The van der Waals surface area contributed by atoms with E-state index in [1.54, 1.807) is 6.92 Å². The number of imide groups is 1. The summed E-state index contributed by atoms with van der Waals surface area (Å²) in [5.74, 6) is -2.99. The first kappa shape index (κ1) is 33.8. The molecule has 12 heteroatoms. The van der Waals surface area contributed by atoms with Crippen LogP contribution in [0.1, 0.15) is 105 Å². The van der Waals surface area contributed by atoms with Crippen molar-refractivity contribution in [3.05, 3.63) is 46.2 Å². The van der Waals surface area contributed by atoms with E-state index >= 15 is 0 Å². The van der Waals surface area contributed by atoms with E-state index in [-0.39, 0.29) is 27.9 Å². The molecule has 1 aromatic carbocycles. The van der Waals surface area contributed by atoms with Crippen LogP contribution < -0.4 is 10.6 Å². The maximum absolute atomic E-state index is 13.5. The summed E-state index contributed by atoms with van der Waals surface area (Å²) in [7, 11) is 1.51. The van der Waals surface area contributed by atoms with E-state index in [0.717, 1.165) is 19.3 Å². The van der Waals surface area contributed by atoms with E-state index in [0.29, 0.717) is 17.1 Å². The highest BCUT2D eigenvalue weighted by Crippen LogP contribution is 2.26. The molecule has 2 heterocycles. The van der Waals surface area contributed by atoms with E-state index < -0.39 is 35.8 Å². The highest BCUT2D eigenvalue weighted by Gasteiger charge is 2.49. The summed E-state index contributed by atoms with van der Waals surface area (Å²) in [5, 5.41) is 9.63. The van der Waals surface area contributed by atoms with Crippen LogP contribution in [0.5, 0.6) is 0 Å². The maximum Gasteiger partial charge on any atom is 0.418 e. The molecule has 1 saturated heterocycles. The van der Waals surface area contributed by atoms with Crippen LogP contribution in [-0.2, 0) is 21.4 Å². The summed E-state index contributed by atoms with van der Waals surface area (Å²) >= 11 is 6.32. The zero-order valence-electron chi connectivity index (χ0n) is 25.4. The normalized spacial score (nSPS) is 15.4. The van der Waals surface area contributed by atoms with Gasteiger partial charge in [-0.1, -0.05) is 76.3 Å². The van der Waals surface area contributed by atoms with Gasteiger partial charge in [0.15, 0.2) is 12.1 Å². The van der Waals surface area contributed by atoms with Gasteiger partial charge < -0.3 is 15.4 Å². The number of ether oxygens (including phenoxy) is 1. The topological polar surface area (TPSA) is 140 Å². The van der Waals surface area contributed by atoms with Crippen molar-refractivity contribution in [3.63, 3.8) is 0 Å². The number of aromatic nitrogens is 2. The second-order valence-electron chi connectivity index (χ2n) is 10.9. The molecular formula is C31H42ClN5O6. The molecule has 11 nitrogen and oxygen atoms in total. The molecule has 4 amide bonds. The molecular weight excluding hydrogens is 574 g/mol. The van der Waals surface area contributed by atoms with Crippen LogP contribution in [-0.4, -0.2) is 63.0 Å². The maximum atomic E-state index is 13.5. The standard InChI is InChI=1S/C31H42ClN5O6/c1-5-6-7-8-9-10-11-12-13-14-17-33-28(39)22-15-16-23(32)24(19-22)34-29(40)26(37-30(41)21(3)43-31(37)42)27(38)25-18-20(2)35-36(25)4/h15-16,18-19,21,26H,5-14,17H2,1-4H3,(H,33,39)(H,34,40). The lowest BCUT2D eigenvalue weighted by atomic mass is 10.1. The number of carbonyl (C=O) groups is 5. The van der Waals surface area contributed by atoms with Gasteiger partial charge in [-0.25, -0.2) is 9.69 Å². The second-order valence-corrected chi connectivity index (χ2v) is 11.3. The van der Waals surface area contributed by atoms with Crippen LogP contribution >= 0.6 is 11.6 Å². The number of ketones is 1. The Bertz CT molecular complexity index is 1330. The van der Waals surface area contributed by atoms with Gasteiger partial charge in [0.2, 0.25) is 5.78 Å². The molecule has 0 aliphatic carbocycles. The van der Waals surface area contributed by atoms with Crippen LogP contribution in [0.3, 0.4) is 0 Å². The van der Waals surface area contributed by atoms with Crippen LogP contribution in [0.4, 0.5) is 10.5 Å². The van der Waals surface area contributed by atoms with Gasteiger partial charge in [-0.2, -0.15) is 5.10 Å². The SMILES string of the molecule is CCCCCCCCCCCCNC(=O)c1ccc(Cl)c(NC(=O)C(C(=O)c2cc(C)nn2C)N2C(=O)OC(C)C2=O)c1. The van der Waals surface area contributed by atoms with Crippen molar-refractivity contribution in [1.29, 1.82) is 0 Å². The molecule has 2 unspecified atom stereocenters. The number of hydrogen-bond donors (Lipinski definition) is 2. The molecule has 43 heavy (non-hydrogen) atoms. The molecule has 0 spiro atoms. The molecule has 3 rings (SSSR count). The van der Waals surface area contributed by atoms with Gasteiger partial charge in [0.1, 0.15) is 5.69 Å². The zero-order chi connectivity index (χ0) is 31.5. The quantitative estimate of drug-likeness (QED) is 0.134. The number of halogens is 1. The lowest BCUT2D eigenvalue weighted by Crippen LogP contribution is -2.52. The average molecular weight is 616 g/mol. The summed E-state index contributed by atoms with van der Waals surface area (Å²) in [5.41, 5.74) is 0.824. The number of rotatable bonds is 17. The minimum Gasteiger partial charge on any atom is -0.436 e. The van der Waals surface area contributed by atoms with E-state index in [2.05, 4.69) is 22.7 Å². The number of aryl methyl sites for hydroxylation is 2. The highest BCUT2D eigenvalue weighted by molar-refractivity contribution is 6.34. The summed E-state index contributed by atoms with van der Waals surface area (Å²) in [4.78, 5) is 65.6. The number of nitrogens with zero attached hydrogens (tertiary/aromatic N) is 3. The summed E-state index contributed by atoms with van der Waals surface area (Å²) < 4.78 is 6.22. The predicted molar refractivity (Wildman–Crippen MR) is 163 cm³/mol. The van der Waals surface area contributed by atoms with E-state index in [1.807, 2.05) is 0 Å². The Kier molecular flexibility index (Phi) is 12.7. The van der Waals surface area contributed by atoms with Crippen molar-refractivity contribution in [3.8, 4) is 0 Å². The first-order valence-electron chi connectivity index (χ1n) is 15.0. The Morgan fingerprint density at radius 3 is 2.19 bits per heavy atom. The van der Waals surface area contributed by atoms with E-state index in [1.165, 1.54) is 87.9 Å². The van der Waals surface area contributed by atoms with Gasteiger partial charge in [0, 0.05) is 19.2 Å².